The number of pyridine rings is 1. The van der Waals surface area contributed by atoms with Crippen molar-refractivity contribution in [2.24, 2.45) is 0 Å². The summed E-state index contributed by atoms with van der Waals surface area (Å²) in [7, 11) is -3.33. The van der Waals surface area contributed by atoms with Crippen molar-refractivity contribution in [1.82, 2.24) is 4.98 Å². The van der Waals surface area contributed by atoms with E-state index in [0.717, 1.165) is 10.8 Å². The Bertz CT molecular complexity index is 608. The Hall–Kier alpha value is -1.14. The molecule has 1 N–H and O–H groups in total. The molecule has 0 fully saturated rings. The minimum absolute atomic E-state index is 0.128. The average Bonchev–Trinajstić information content (AvgIpc) is 2.29. The summed E-state index contributed by atoms with van der Waals surface area (Å²) in [5, 5.41) is 1.74. The topological polar surface area (TPSA) is 59.1 Å². The second-order valence-electron chi connectivity index (χ2n) is 3.23. The lowest BCUT2D eigenvalue weighted by Crippen LogP contribution is -2.13. The molecule has 0 aliphatic heterocycles. The molecule has 0 bridgehead atoms. The van der Waals surface area contributed by atoms with Crippen LogP contribution in [0.2, 0.25) is 0 Å². The lowest BCUT2D eigenvalue weighted by atomic mass is 10.1. The van der Waals surface area contributed by atoms with Crippen LogP contribution in [0, 0.1) is 0 Å². The standard InChI is InChI=1S/C10H9BrN2O2S/c11-7-16(14,15)13-10-3-1-2-8-4-5-12-6-9(8)10/h1-6,13H,7H2. The summed E-state index contributed by atoms with van der Waals surface area (Å²) in [5.74, 6) is 0. The molecule has 0 aliphatic carbocycles. The van der Waals surface area contributed by atoms with E-state index in [1.54, 1.807) is 24.5 Å². The maximum atomic E-state index is 11.4. The normalized spacial score (nSPS) is 11.6. The van der Waals surface area contributed by atoms with E-state index in [0.29, 0.717) is 5.69 Å². The number of hydrogen-bond donors (Lipinski definition) is 1. The molecule has 6 heteroatoms. The van der Waals surface area contributed by atoms with Crippen LogP contribution in [0.3, 0.4) is 0 Å². The summed E-state index contributed by atoms with van der Waals surface area (Å²) >= 11 is 2.93. The van der Waals surface area contributed by atoms with Crippen molar-refractivity contribution in [3.05, 3.63) is 36.7 Å². The van der Waals surface area contributed by atoms with Crippen molar-refractivity contribution >= 4 is 42.4 Å². The van der Waals surface area contributed by atoms with Crippen LogP contribution in [-0.4, -0.2) is 18.1 Å². The molecule has 1 aromatic heterocycles. The van der Waals surface area contributed by atoms with Crippen molar-refractivity contribution in [3.63, 3.8) is 0 Å². The fraction of sp³-hybridized carbons (Fsp3) is 0.100. The van der Waals surface area contributed by atoms with Gasteiger partial charge in [-0.05, 0) is 17.5 Å². The lowest BCUT2D eigenvalue weighted by Gasteiger charge is -2.08. The number of rotatable bonds is 3. The van der Waals surface area contributed by atoms with Crippen LogP contribution in [0.15, 0.2) is 36.7 Å². The quantitative estimate of drug-likeness (QED) is 0.885. The van der Waals surface area contributed by atoms with Gasteiger partial charge >= 0.3 is 0 Å². The van der Waals surface area contributed by atoms with E-state index in [-0.39, 0.29) is 4.66 Å². The molecule has 1 heterocycles. The smallest absolute Gasteiger partial charge is 0.242 e. The van der Waals surface area contributed by atoms with Crippen LogP contribution in [0.1, 0.15) is 0 Å². The minimum Gasteiger partial charge on any atom is -0.282 e. The van der Waals surface area contributed by atoms with Gasteiger partial charge in [-0.15, -0.1) is 0 Å². The molecular formula is C10H9BrN2O2S. The van der Waals surface area contributed by atoms with E-state index in [2.05, 4.69) is 25.6 Å². The van der Waals surface area contributed by atoms with Crippen LogP contribution < -0.4 is 4.72 Å². The predicted octanol–water partition coefficient (Wildman–Crippen LogP) is 2.33. The van der Waals surface area contributed by atoms with Gasteiger partial charge < -0.3 is 0 Å². The first kappa shape index (κ1) is 11.3. The number of nitrogens with one attached hydrogen (secondary N) is 1. The zero-order valence-corrected chi connectivity index (χ0v) is 10.6. The van der Waals surface area contributed by atoms with Gasteiger partial charge in [0, 0.05) is 17.8 Å². The van der Waals surface area contributed by atoms with E-state index < -0.39 is 10.0 Å². The van der Waals surface area contributed by atoms with Gasteiger partial charge in [0.15, 0.2) is 0 Å². The third-order valence-corrected chi connectivity index (χ3v) is 4.72. The van der Waals surface area contributed by atoms with E-state index in [4.69, 9.17) is 0 Å². The van der Waals surface area contributed by atoms with Gasteiger partial charge in [-0.25, -0.2) is 8.42 Å². The van der Waals surface area contributed by atoms with Crippen molar-refractivity contribution < 1.29 is 8.42 Å². The average molecular weight is 301 g/mol. The molecule has 0 saturated carbocycles. The number of halogens is 1. The van der Waals surface area contributed by atoms with Crippen molar-refractivity contribution in [1.29, 1.82) is 0 Å². The highest BCUT2D eigenvalue weighted by Gasteiger charge is 2.09. The Morgan fingerprint density at radius 2 is 2.12 bits per heavy atom. The summed E-state index contributed by atoms with van der Waals surface area (Å²) in [6, 6.07) is 7.25. The summed E-state index contributed by atoms with van der Waals surface area (Å²) in [6.07, 6.45) is 3.31. The maximum Gasteiger partial charge on any atom is 0.242 e. The zero-order valence-electron chi connectivity index (χ0n) is 8.22. The molecule has 0 spiro atoms. The first-order chi connectivity index (χ1) is 7.62. The second-order valence-corrected chi connectivity index (χ2v) is 6.25. The van der Waals surface area contributed by atoms with Crippen LogP contribution in [0.5, 0.6) is 0 Å². The molecular weight excluding hydrogens is 292 g/mol. The highest BCUT2D eigenvalue weighted by molar-refractivity contribution is 9.10. The maximum absolute atomic E-state index is 11.4. The molecule has 0 unspecified atom stereocenters. The van der Waals surface area contributed by atoms with Crippen LogP contribution in [0.25, 0.3) is 10.8 Å². The van der Waals surface area contributed by atoms with Gasteiger partial charge in [-0.1, -0.05) is 28.1 Å². The van der Waals surface area contributed by atoms with Gasteiger partial charge in [-0.3, -0.25) is 9.71 Å². The minimum atomic E-state index is -3.33. The van der Waals surface area contributed by atoms with E-state index in [1.165, 1.54) is 0 Å². The van der Waals surface area contributed by atoms with Crippen LogP contribution in [-0.2, 0) is 10.0 Å². The van der Waals surface area contributed by atoms with E-state index >= 15 is 0 Å². The fourth-order valence-electron chi connectivity index (χ4n) is 1.40. The number of fused-ring (bicyclic) bond motifs is 1. The van der Waals surface area contributed by atoms with Crippen LogP contribution >= 0.6 is 15.9 Å². The molecule has 84 valence electrons. The SMILES string of the molecule is O=S(=O)(CBr)Nc1cccc2ccncc12. The highest BCUT2D eigenvalue weighted by atomic mass is 79.9. The predicted molar refractivity (Wildman–Crippen MR) is 68.1 cm³/mol. The third-order valence-electron chi connectivity index (χ3n) is 2.09. The monoisotopic (exact) mass is 300 g/mol. The molecule has 0 atom stereocenters. The number of nitrogens with zero attached hydrogens (tertiary/aromatic N) is 1. The van der Waals surface area contributed by atoms with Gasteiger partial charge in [0.05, 0.1) is 5.69 Å². The van der Waals surface area contributed by atoms with Gasteiger partial charge in [-0.2, -0.15) is 0 Å². The zero-order chi connectivity index (χ0) is 11.6. The molecule has 2 rings (SSSR count). The molecule has 4 nitrogen and oxygen atoms in total. The lowest BCUT2D eigenvalue weighted by molar-refractivity contribution is 0.606. The van der Waals surface area contributed by atoms with Gasteiger partial charge in [0.1, 0.15) is 4.66 Å². The Morgan fingerprint density at radius 3 is 2.88 bits per heavy atom. The molecule has 0 saturated heterocycles. The molecule has 1 aromatic carbocycles. The molecule has 0 radical (unpaired) electrons. The number of hydrogen-bond acceptors (Lipinski definition) is 3. The molecule has 0 amide bonds. The number of benzene rings is 1. The Balaban J connectivity index is 2.53. The number of aromatic nitrogens is 1. The van der Waals surface area contributed by atoms with Gasteiger partial charge in [0.25, 0.3) is 0 Å². The van der Waals surface area contributed by atoms with E-state index in [9.17, 15) is 8.42 Å². The fourth-order valence-corrected chi connectivity index (χ4v) is 2.31. The molecule has 2 aromatic rings. The second kappa shape index (κ2) is 4.39. The van der Waals surface area contributed by atoms with Crippen molar-refractivity contribution in [3.8, 4) is 0 Å². The van der Waals surface area contributed by atoms with Crippen molar-refractivity contribution in [2.45, 2.75) is 0 Å². The number of sulfonamides is 1. The third kappa shape index (κ3) is 2.33. The number of anilines is 1. The Kier molecular flexibility index (Phi) is 3.11. The summed E-state index contributed by atoms with van der Waals surface area (Å²) < 4.78 is 25.2. The summed E-state index contributed by atoms with van der Waals surface area (Å²) in [4.78, 5) is 3.98. The first-order valence-electron chi connectivity index (χ1n) is 4.51. The summed E-state index contributed by atoms with van der Waals surface area (Å²) in [6.45, 7) is 0. The van der Waals surface area contributed by atoms with E-state index in [1.807, 2.05) is 12.1 Å². The number of alkyl halides is 1. The Morgan fingerprint density at radius 1 is 1.31 bits per heavy atom. The first-order valence-corrected chi connectivity index (χ1v) is 7.29. The molecule has 16 heavy (non-hydrogen) atoms. The highest BCUT2D eigenvalue weighted by Crippen LogP contribution is 2.23. The largest absolute Gasteiger partial charge is 0.282 e. The van der Waals surface area contributed by atoms with Gasteiger partial charge in [0.2, 0.25) is 10.0 Å². The van der Waals surface area contributed by atoms with Crippen LogP contribution in [0.4, 0.5) is 5.69 Å². The summed E-state index contributed by atoms with van der Waals surface area (Å²) in [5.41, 5.74) is 0.546. The molecule has 0 aliphatic rings. The Labute approximate surface area is 102 Å². The van der Waals surface area contributed by atoms with Crippen molar-refractivity contribution in [2.75, 3.05) is 9.38 Å².